The van der Waals surface area contributed by atoms with Crippen LogP contribution in [0, 0.1) is 5.95 Å². The fraction of sp³-hybridized carbons (Fsp3) is 0.200. The fourth-order valence-corrected chi connectivity index (χ4v) is 1.99. The molecule has 0 saturated carbocycles. The van der Waals surface area contributed by atoms with Gasteiger partial charge in [-0.05, 0) is 29.8 Å². The van der Waals surface area contributed by atoms with Crippen molar-refractivity contribution in [3.8, 4) is 11.5 Å². The van der Waals surface area contributed by atoms with E-state index in [1.54, 1.807) is 0 Å². The largest absolute Gasteiger partial charge is 0.486 e. The summed E-state index contributed by atoms with van der Waals surface area (Å²) >= 11 is 0. The van der Waals surface area contributed by atoms with Crippen molar-refractivity contribution in [2.24, 2.45) is 0 Å². The molecule has 0 aliphatic carbocycles. The van der Waals surface area contributed by atoms with Gasteiger partial charge in [-0.15, -0.1) is 0 Å². The Morgan fingerprint density at radius 1 is 1.19 bits per heavy atom. The van der Waals surface area contributed by atoms with Gasteiger partial charge in [0.1, 0.15) is 13.2 Å². The fourth-order valence-electron chi connectivity index (χ4n) is 1.99. The van der Waals surface area contributed by atoms with Crippen LogP contribution in [0.15, 0.2) is 36.5 Å². The monoisotopic (exact) mass is 288 g/mol. The number of aromatic nitrogens is 1. The van der Waals surface area contributed by atoms with Crippen molar-refractivity contribution in [3.05, 3.63) is 53.6 Å². The maximum absolute atomic E-state index is 12.7. The van der Waals surface area contributed by atoms with Crippen molar-refractivity contribution in [3.63, 3.8) is 0 Å². The summed E-state index contributed by atoms with van der Waals surface area (Å²) in [5.74, 6) is 0.464. The van der Waals surface area contributed by atoms with Gasteiger partial charge in [0, 0.05) is 12.7 Å². The third-order valence-electron chi connectivity index (χ3n) is 3.05. The SMILES string of the molecule is O=C(NCc1ccc2c(c1)OCCO2)c1ccc(F)nc1. The second kappa shape index (κ2) is 5.78. The number of nitrogens with one attached hydrogen (secondary N) is 1. The molecule has 0 fully saturated rings. The minimum absolute atomic E-state index is 0.308. The van der Waals surface area contributed by atoms with E-state index in [4.69, 9.17) is 9.47 Å². The average Bonchev–Trinajstić information content (AvgIpc) is 2.53. The van der Waals surface area contributed by atoms with E-state index >= 15 is 0 Å². The number of carbonyl (C=O) groups excluding carboxylic acids is 1. The maximum Gasteiger partial charge on any atom is 0.253 e. The van der Waals surface area contributed by atoms with Gasteiger partial charge in [0.25, 0.3) is 5.91 Å². The molecule has 2 aromatic rings. The molecule has 21 heavy (non-hydrogen) atoms. The van der Waals surface area contributed by atoms with E-state index in [1.807, 2.05) is 18.2 Å². The number of carbonyl (C=O) groups is 1. The van der Waals surface area contributed by atoms with Crippen LogP contribution in [0.25, 0.3) is 0 Å². The van der Waals surface area contributed by atoms with Crippen LogP contribution in [0.2, 0.25) is 0 Å². The first-order chi connectivity index (χ1) is 10.2. The summed E-state index contributed by atoms with van der Waals surface area (Å²) in [6.07, 6.45) is 1.20. The summed E-state index contributed by atoms with van der Waals surface area (Å²) in [5.41, 5.74) is 1.21. The van der Waals surface area contributed by atoms with Crippen LogP contribution in [0.3, 0.4) is 0 Å². The van der Waals surface area contributed by atoms with Gasteiger partial charge in [-0.2, -0.15) is 4.39 Å². The number of benzene rings is 1. The Balaban J connectivity index is 1.64. The Kier molecular flexibility index (Phi) is 3.68. The molecule has 2 heterocycles. The van der Waals surface area contributed by atoms with E-state index in [9.17, 15) is 9.18 Å². The molecule has 1 aromatic carbocycles. The molecule has 0 atom stereocenters. The van der Waals surface area contributed by atoms with Gasteiger partial charge in [0.2, 0.25) is 5.95 Å². The molecule has 0 spiro atoms. The number of nitrogens with zero attached hydrogens (tertiary/aromatic N) is 1. The molecule has 0 bridgehead atoms. The molecule has 0 radical (unpaired) electrons. The van der Waals surface area contributed by atoms with Crippen molar-refractivity contribution in [1.29, 1.82) is 0 Å². The molecule has 6 heteroatoms. The predicted molar refractivity (Wildman–Crippen MR) is 72.8 cm³/mol. The average molecular weight is 288 g/mol. The lowest BCUT2D eigenvalue weighted by Crippen LogP contribution is -2.23. The number of fused-ring (bicyclic) bond motifs is 1. The number of ether oxygens (including phenoxy) is 2. The summed E-state index contributed by atoms with van der Waals surface area (Å²) < 4.78 is 23.6. The Bertz CT molecular complexity index is 658. The summed E-state index contributed by atoms with van der Waals surface area (Å²) in [4.78, 5) is 15.3. The zero-order chi connectivity index (χ0) is 14.7. The Morgan fingerprint density at radius 2 is 2.00 bits per heavy atom. The summed E-state index contributed by atoms with van der Waals surface area (Å²) in [6.45, 7) is 1.40. The van der Waals surface area contributed by atoms with Crippen LogP contribution in [0.1, 0.15) is 15.9 Å². The first-order valence-corrected chi connectivity index (χ1v) is 6.51. The zero-order valence-electron chi connectivity index (χ0n) is 11.1. The Hall–Kier alpha value is -2.63. The highest BCUT2D eigenvalue weighted by Gasteiger charge is 2.12. The second-order valence-corrected chi connectivity index (χ2v) is 4.53. The van der Waals surface area contributed by atoms with E-state index < -0.39 is 5.95 Å². The Labute approximate surface area is 120 Å². The third-order valence-corrected chi connectivity index (χ3v) is 3.05. The number of hydrogen-bond acceptors (Lipinski definition) is 4. The molecule has 3 rings (SSSR count). The molecule has 108 valence electrons. The first-order valence-electron chi connectivity index (χ1n) is 6.51. The molecular weight excluding hydrogens is 275 g/mol. The highest BCUT2D eigenvalue weighted by molar-refractivity contribution is 5.93. The second-order valence-electron chi connectivity index (χ2n) is 4.53. The van der Waals surface area contributed by atoms with Crippen LogP contribution >= 0.6 is 0 Å². The van der Waals surface area contributed by atoms with Crippen LogP contribution in [-0.4, -0.2) is 24.1 Å². The zero-order valence-corrected chi connectivity index (χ0v) is 11.1. The molecule has 1 aliphatic heterocycles. The number of rotatable bonds is 3. The van der Waals surface area contributed by atoms with Crippen molar-refractivity contribution in [2.45, 2.75) is 6.54 Å². The maximum atomic E-state index is 12.7. The minimum Gasteiger partial charge on any atom is -0.486 e. The van der Waals surface area contributed by atoms with E-state index in [0.717, 1.165) is 11.6 Å². The first kappa shape index (κ1) is 13.4. The number of amides is 1. The highest BCUT2D eigenvalue weighted by atomic mass is 19.1. The van der Waals surface area contributed by atoms with E-state index in [1.165, 1.54) is 12.3 Å². The van der Waals surface area contributed by atoms with Gasteiger partial charge >= 0.3 is 0 Å². The number of pyridine rings is 1. The molecule has 1 aromatic heterocycles. The molecule has 1 amide bonds. The molecule has 0 unspecified atom stereocenters. The highest BCUT2D eigenvalue weighted by Crippen LogP contribution is 2.30. The molecular formula is C15H13FN2O3. The smallest absolute Gasteiger partial charge is 0.253 e. The quantitative estimate of drug-likeness (QED) is 0.877. The lowest BCUT2D eigenvalue weighted by atomic mass is 10.2. The topological polar surface area (TPSA) is 60.5 Å². The number of hydrogen-bond donors (Lipinski definition) is 1. The van der Waals surface area contributed by atoms with E-state index in [-0.39, 0.29) is 5.91 Å². The molecule has 0 saturated heterocycles. The summed E-state index contributed by atoms with van der Waals surface area (Å²) in [6, 6.07) is 8.05. The minimum atomic E-state index is -0.613. The van der Waals surface area contributed by atoms with Gasteiger partial charge in [0.05, 0.1) is 5.56 Å². The lowest BCUT2D eigenvalue weighted by Gasteiger charge is -2.18. The van der Waals surface area contributed by atoms with Gasteiger partial charge in [-0.25, -0.2) is 4.98 Å². The molecule has 1 aliphatic rings. The molecule has 5 nitrogen and oxygen atoms in total. The van der Waals surface area contributed by atoms with Gasteiger partial charge < -0.3 is 14.8 Å². The predicted octanol–water partition coefficient (Wildman–Crippen LogP) is 1.92. The van der Waals surface area contributed by atoms with Gasteiger partial charge in [0.15, 0.2) is 11.5 Å². The van der Waals surface area contributed by atoms with Crippen molar-refractivity contribution in [1.82, 2.24) is 10.3 Å². The summed E-state index contributed by atoms with van der Waals surface area (Å²) in [5, 5.41) is 2.74. The normalized spacial score (nSPS) is 12.8. The van der Waals surface area contributed by atoms with Crippen molar-refractivity contribution < 1.29 is 18.7 Å². The third kappa shape index (κ3) is 3.10. The van der Waals surface area contributed by atoms with Gasteiger partial charge in [-0.1, -0.05) is 6.07 Å². The number of halogens is 1. The van der Waals surface area contributed by atoms with Crippen LogP contribution in [-0.2, 0) is 6.54 Å². The van der Waals surface area contributed by atoms with Crippen LogP contribution < -0.4 is 14.8 Å². The standard InChI is InChI=1S/C15H13FN2O3/c16-14-4-2-11(9-17-14)15(19)18-8-10-1-3-12-13(7-10)21-6-5-20-12/h1-4,7,9H,5-6,8H2,(H,18,19). The van der Waals surface area contributed by atoms with Crippen LogP contribution in [0.5, 0.6) is 11.5 Å². The van der Waals surface area contributed by atoms with E-state index in [0.29, 0.717) is 36.8 Å². The summed E-state index contributed by atoms with van der Waals surface area (Å²) in [7, 11) is 0. The van der Waals surface area contributed by atoms with Crippen molar-refractivity contribution >= 4 is 5.91 Å². The lowest BCUT2D eigenvalue weighted by molar-refractivity contribution is 0.0950. The molecule has 1 N–H and O–H groups in total. The van der Waals surface area contributed by atoms with Gasteiger partial charge in [-0.3, -0.25) is 4.79 Å². The Morgan fingerprint density at radius 3 is 2.76 bits per heavy atom. The van der Waals surface area contributed by atoms with Crippen molar-refractivity contribution in [2.75, 3.05) is 13.2 Å². The van der Waals surface area contributed by atoms with Crippen LogP contribution in [0.4, 0.5) is 4.39 Å². The van der Waals surface area contributed by atoms with E-state index in [2.05, 4.69) is 10.3 Å².